The molecule has 0 unspecified atom stereocenters. The van der Waals surface area contributed by atoms with Gasteiger partial charge in [-0.3, -0.25) is 4.79 Å². The van der Waals surface area contributed by atoms with Crippen molar-refractivity contribution in [2.45, 2.75) is 6.92 Å². The molecule has 0 radical (unpaired) electrons. The van der Waals surface area contributed by atoms with E-state index < -0.39 is 0 Å². The zero-order chi connectivity index (χ0) is 13.0. The van der Waals surface area contributed by atoms with Gasteiger partial charge in [0.1, 0.15) is 11.5 Å². The molecule has 1 aromatic heterocycles. The smallest absolute Gasteiger partial charge is 0.186 e. The average Bonchev–Trinajstić information content (AvgIpc) is 2.35. The van der Waals surface area contributed by atoms with E-state index in [1.807, 2.05) is 18.2 Å². The summed E-state index contributed by atoms with van der Waals surface area (Å²) in [5, 5.41) is 1.32. The topological polar surface area (TPSA) is 42.9 Å². The van der Waals surface area contributed by atoms with Crippen molar-refractivity contribution < 1.29 is 4.79 Å². The first-order valence-electron chi connectivity index (χ1n) is 5.19. The number of nitrogens with zero attached hydrogens (tertiary/aromatic N) is 2. The van der Waals surface area contributed by atoms with Crippen molar-refractivity contribution in [3.8, 4) is 11.8 Å². The Bertz CT molecular complexity index is 661. The maximum absolute atomic E-state index is 10.7. The molecular formula is C13H9ClN2OS. The molecule has 0 saturated carbocycles. The van der Waals surface area contributed by atoms with E-state index in [2.05, 4.69) is 21.8 Å². The second-order valence-electron chi connectivity index (χ2n) is 3.48. The summed E-state index contributed by atoms with van der Waals surface area (Å²) in [4.78, 5) is 18.8. The summed E-state index contributed by atoms with van der Waals surface area (Å²) in [6, 6.07) is 5.57. The first-order chi connectivity index (χ1) is 8.66. The van der Waals surface area contributed by atoms with Gasteiger partial charge in [-0.25, -0.2) is 9.97 Å². The highest BCUT2D eigenvalue weighted by Crippen LogP contribution is 2.19. The molecule has 0 N–H and O–H groups in total. The van der Waals surface area contributed by atoms with Crippen molar-refractivity contribution >= 4 is 39.4 Å². The van der Waals surface area contributed by atoms with Gasteiger partial charge in [0.15, 0.2) is 5.12 Å². The SMILES string of the molecule is CC(=O)SCC#Cc1ccc2c(Cl)ncnc2c1. The minimum atomic E-state index is 0.0716. The van der Waals surface area contributed by atoms with Gasteiger partial charge in [0.25, 0.3) is 0 Å². The second kappa shape index (κ2) is 5.85. The number of carbonyl (C=O) groups excluding carboxylic acids is 1. The predicted octanol–water partition coefficient (Wildman–Crippen LogP) is 2.91. The molecule has 0 atom stereocenters. The monoisotopic (exact) mass is 276 g/mol. The zero-order valence-electron chi connectivity index (χ0n) is 9.61. The molecule has 90 valence electrons. The molecule has 0 aliphatic heterocycles. The third-order valence-electron chi connectivity index (χ3n) is 2.17. The fourth-order valence-electron chi connectivity index (χ4n) is 1.38. The van der Waals surface area contributed by atoms with Crippen molar-refractivity contribution in [2.75, 3.05) is 5.75 Å². The number of aromatic nitrogens is 2. The summed E-state index contributed by atoms with van der Waals surface area (Å²) in [6.07, 6.45) is 1.42. The molecule has 1 aromatic carbocycles. The summed E-state index contributed by atoms with van der Waals surface area (Å²) in [6.45, 7) is 1.53. The number of fused-ring (bicyclic) bond motifs is 1. The molecule has 0 bridgehead atoms. The van der Waals surface area contributed by atoms with Gasteiger partial charge in [0.2, 0.25) is 0 Å². The van der Waals surface area contributed by atoms with Gasteiger partial charge >= 0.3 is 0 Å². The van der Waals surface area contributed by atoms with E-state index in [1.54, 1.807) is 0 Å². The number of hydrogen-bond acceptors (Lipinski definition) is 4. The lowest BCUT2D eigenvalue weighted by molar-refractivity contribution is -0.109. The highest BCUT2D eigenvalue weighted by Gasteiger charge is 2.00. The molecule has 5 heteroatoms. The largest absolute Gasteiger partial charge is 0.288 e. The molecule has 2 rings (SSSR count). The summed E-state index contributed by atoms with van der Waals surface area (Å²) >= 11 is 7.14. The Balaban J connectivity index is 2.23. The number of rotatable bonds is 1. The number of carbonyl (C=O) groups is 1. The second-order valence-corrected chi connectivity index (χ2v) is 4.99. The van der Waals surface area contributed by atoms with Crippen LogP contribution < -0.4 is 0 Å². The maximum atomic E-state index is 10.7. The van der Waals surface area contributed by atoms with Gasteiger partial charge in [-0.1, -0.05) is 35.2 Å². The van der Waals surface area contributed by atoms with E-state index in [0.717, 1.165) is 16.5 Å². The van der Waals surface area contributed by atoms with Crippen LogP contribution in [0.2, 0.25) is 5.15 Å². The van der Waals surface area contributed by atoms with Crippen LogP contribution in [0.5, 0.6) is 0 Å². The Hall–Kier alpha value is -1.57. The van der Waals surface area contributed by atoms with Crippen LogP contribution in [-0.4, -0.2) is 20.8 Å². The van der Waals surface area contributed by atoms with Gasteiger partial charge in [0.05, 0.1) is 11.3 Å². The Morgan fingerprint density at radius 2 is 2.28 bits per heavy atom. The van der Waals surface area contributed by atoms with Crippen LogP contribution in [0.4, 0.5) is 0 Å². The van der Waals surface area contributed by atoms with Crippen LogP contribution in [-0.2, 0) is 4.79 Å². The van der Waals surface area contributed by atoms with Crippen LogP contribution in [0, 0.1) is 11.8 Å². The molecule has 0 saturated heterocycles. The van der Waals surface area contributed by atoms with Crippen molar-refractivity contribution in [1.82, 2.24) is 9.97 Å². The fraction of sp³-hybridized carbons (Fsp3) is 0.154. The van der Waals surface area contributed by atoms with Gasteiger partial charge in [0, 0.05) is 17.9 Å². The maximum Gasteiger partial charge on any atom is 0.186 e. The molecule has 0 spiro atoms. The van der Waals surface area contributed by atoms with Crippen LogP contribution >= 0.6 is 23.4 Å². The molecule has 2 aromatic rings. The first-order valence-corrected chi connectivity index (χ1v) is 6.55. The Kier molecular flexibility index (Phi) is 4.19. The minimum absolute atomic E-state index is 0.0716. The highest BCUT2D eigenvalue weighted by atomic mass is 35.5. The molecule has 0 aliphatic rings. The van der Waals surface area contributed by atoms with Crippen LogP contribution in [0.25, 0.3) is 10.9 Å². The number of thioether (sulfide) groups is 1. The van der Waals surface area contributed by atoms with E-state index in [-0.39, 0.29) is 5.12 Å². The number of halogens is 1. The third kappa shape index (κ3) is 3.22. The molecule has 0 fully saturated rings. The van der Waals surface area contributed by atoms with E-state index in [1.165, 1.54) is 25.0 Å². The zero-order valence-corrected chi connectivity index (χ0v) is 11.2. The van der Waals surface area contributed by atoms with Gasteiger partial charge in [-0.2, -0.15) is 0 Å². The number of benzene rings is 1. The normalized spacial score (nSPS) is 9.89. The lowest BCUT2D eigenvalue weighted by Gasteiger charge is -1.98. The fourth-order valence-corrected chi connectivity index (χ4v) is 1.93. The summed E-state index contributed by atoms with van der Waals surface area (Å²) in [7, 11) is 0. The quantitative estimate of drug-likeness (QED) is 0.593. The summed E-state index contributed by atoms with van der Waals surface area (Å²) < 4.78 is 0. The Morgan fingerprint density at radius 1 is 1.44 bits per heavy atom. The highest BCUT2D eigenvalue weighted by molar-refractivity contribution is 8.13. The van der Waals surface area contributed by atoms with Crippen LogP contribution in [0.15, 0.2) is 24.5 Å². The third-order valence-corrected chi connectivity index (χ3v) is 3.16. The number of hydrogen-bond donors (Lipinski definition) is 0. The van der Waals surface area contributed by atoms with Crippen molar-refractivity contribution in [1.29, 1.82) is 0 Å². The Labute approximate surface area is 114 Å². The van der Waals surface area contributed by atoms with Gasteiger partial charge in [-0.05, 0) is 18.2 Å². The molecule has 0 aliphatic carbocycles. The van der Waals surface area contributed by atoms with Crippen LogP contribution in [0.1, 0.15) is 12.5 Å². The van der Waals surface area contributed by atoms with E-state index >= 15 is 0 Å². The summed E-state index contributed by atoms with van der Waals surface area (Å²) in [5.74, 6) is 6.41. The van der Waals surface area contributed by atoms with E-state index in [4.69, 9.17) is 11.6 Å². The van der Waals surface area contributed by atoms with E-state index in [0.29, 0.717) is 10.9 Å². The molecule has 3 nitrogen and oxygen atoms in total. The molecule has 18 heavy (non-hydrogen) atoms. The molecule has 0 amide bonds. The average molecular weight is 277 g/mol. The minimum Gasteiger partial charge on any atom is -0.288 e. The standard InChI is InChI=1S/C13H9ClN2OS/c1-9(17)18-6-2-3-10-4-5-11-12(7-10)15-8-16-13(11)14/h4-5,7-8H,6H2,1H3. The predicted molar refractivity (Wildman–Crippen MR) is 74.6 cm³/mol. The van der Waals surface area contributed by atoms with Gasteiger partial charge < -0.3 is 0 Å². The summed E-state index contributed by atoms with van der Waals surface area (Å²) in [5.41, 5.74) is 1.61. The van der Waals surface area contributed by atoms with E-state index in [9.17, 15) is 4.79 Å². The first kappa shape index (κ1) is 12.9. The molecular weight excluding hydrogens is 268 g/mol. The Morgan fingerprint density at radius 3 is 3.06 bits per heavy atom. The lowest BCUT2D eigenvalue weighted by Crippen LogP contribution is -1.85. The van der Waals surface area contributed by atoms with Crippen molar-refractivity contribution in [3.63, 3.8) is 0 Å². The van der Waals surface area contributed by atoms with Gasteiger partial charge in [-0.15, -0.1) is 0 Å². The van der Waals surface area contributed by atoms with Crippen LogP contribution in [0.3, 0.4) is 0 Å². The lowest BCUT2D eigenvalue weighted by atomic mass is 10.1. The molecule has 1 heterocycles. The van der Waals surface area contributed by atoms with Crippen molar-refractivity contribution in [3.05, 3.63) is 35.2 Å². The van der Waals surface area contributed by atoms with Crippen molar-refractivity contribution in [2.24, 2.45) is 0 Å².